The number of anilines is 1. The average Bonchev–Trinajstić information content (AvgIpc) is 2.35. The van der Waals surface area contributed by atoms with Crippen LogP contribution in [-0.2, 0) is 0 Å². The average molecular weight is 298 g/mol. The summed E-state index contributed by atoms with van der Waals surface area (Å²) in [6.45, 7) is -1.01. The Morgan fingerprint density at radius 3 is 2.30 bits per heavy atom. The van der Waals surface area contributed by atoms with Crippen molar-refractivity contribution in [3.63, 3.8) is 0 Å². The van der Waals surface area contributed by atoms with E-state index in [-0.39, 0.29) is 4.99 Å². The summed E-state index contributed by atoms with van der Waals surface area (Å²) in [6.07, 6.45) is -4.25. The third-order valence-corrected chi connectivity index (χ3v) is 3.21. The minimum absolute atomic E-state index is 0.228. The highest BCUT2D eigenvalue weighted by atomic mass is 32.1. The molecular formula is C14H13F3N2S. The van der Waals surface area contributed by atoms with Crippen LogP contribution in [0.4, 0.5) is 18.9 Å². The van der Waals surface area contributed by atoms with Crippen LogP contribution in [0.25, 0.3) is 10.8 Å². The van der Waals surface area contributed by atoms with Gasteiger partial charge in [-0.05, 0) is 17.5 Å². The van der Waals surface area contributed by atoms with E-state index in [0.29, 0.717) is 16.6 Å². The molecule has 2 aromatic carbocycles. The van der Waals surface area contributed by atoms with Crippen molar-refractivity contribution in [2.75, 3.05) is 18.5 Å². The largest absolute Gasteiger partial charge is 0.405 e. The Bertz CT molecular complexity index is 652. The minimum atomic E-state index is -4.25. The highest BCUT2D eigenvalue weighted by molar-refractivity contribution is 7.80. The van der Waals surface area contributed by atoms with Gasteiger partial charge in [-0.25, -0.2) is 0 Å². The van der Waals surface area contributed by atoms with Gasteiger partial charge in [0.15, 0.2) is 0 Å². The van der Waals surface area contributed by atoms with Crippen LogP contribution in [0.15, 0.2) is 36.4 Å². The van der Waals surface area contributed by atoms with Gasteiger partial charge in [0.1, 0.15) is 11.5 Å². The summed E-state index contributed by atoms with van der Waals surface area (Å²) in [5, 5.41) is 1.45. The van der Waals surface area contributed by atoms with Crippen LogP contribution in [0, 0.1) is 0 Å². The van der Waals surface area contributed by atoms with E-state index in [2.05, 4.69) is 0 Å². The van der Waals surface area contributed by atoms with Crippen molar-refractivity contribution in [3.8, 4) is 0 Å². The minimum Gasteiger partial charge on any atom is -0.389 e. The number of nitrogens with zero attached hydrogens (tertiary/aromatic N) is 1. The summed E-state index contributed by atoms with van der Waals surface area (Å²) in [5.74, 6) is 0. The molecule has 0 heterocycles. The molecule has 0 spiro atoms. The molecule has 0 saturated carbocycles. The highest BCUT2D eigenvalue weighted by Crippen LogP contribution is 2.30. The number of benzene rings is 2. The van der Waals surface area contributed by atoms with Gasteiger partial charge in [-0.15, -0.1) is 0 Å². The molecule has 0 aliphatic heterocycles. The summed E-state index contributed by atoms with van der Waals surface area (Å²) >= 11 is 4.97. The number of fused-ring (bicyclic) bond motifs is 1. The van der Waals surface area contributed by atoms with Gasteiger partial charge in [0.05, 0.1) is 0 Å². The quantitative estimate of drug-likeness (QED) is 0.880. The van der Waals surface area contributed by atoms with Crippen LogP contribution < -0.4 is 10.6 Å². The molecule has 0 aromatic heterocycles. The summed E-state index contributed by atoms with van der Waals surface area (Å²) in [4.78, 5) is 1.40. The number of hydrogen-bond acceptors (Lipinski definition) is 2. The van der Waals surface area contributed by atoms with Gasteiger partial charge in [-0.2, -0.15) is 13.2 Å². The molecule has 106 valence electrons. The van der Waals surface area contributed by atoms with Crippen LogP contribution >= 0.6 is 12.2 Å². The number of halogens is 3. The summed E-state index contributed by atoms with van der Waals surface area (Å²) in [5.41, 5.74) is 6.81. The van der Waals surface area contributed by atoms with E-state index in [4.69, 9.17) is 18.0 Å². The third-order valence-electron chi connectivity index (χ3n) is 2.99. The Labute approximate surface area is 120 Å². The number of alkyl halides is 3. The molecule has 6 heteroatoms. The molecule has 0 saturated heterocycles. The molecule has 0 radical (unpaired) electrons. The Balaban J connectivity index is 2.56. The highest BCUT2D eigenvalue weighted by Gasteiger charge is 2.30. The maximum Gasteiger partial charge on any atom is 0.405 e. The van der Waals surface area contributed by atoms with E-state index >= 15 is 0 Å². The first-order chi connectivity index (χ1) is 9.29. The zero-order chi connectivity index (χ0) is 14.9. The number of nitrogens with two attached hydrogens (primary N) is 1. The van der Waals surface area contributed by atoms with E-state index in [1.54, 1.807) is 36.4 Å². The SMILES string of the molecule is CN(CC(F)(F)F)c1ccc(C(N)=S)c2ccccc12. The van der Waals surface area contributed by atoms with Gasteiger partial charge >= 0.3 is 6.18 Å². The molecule has 2 rings (SSSR count). The second-order valence-corrected chi connectivity index (χ2v) is 4.95. The summed E-state index contributed by atoms with van der Waals surface area (Å²) in [6, 6.07) is 10.4. The number of hydrogen-bond donors (Lipinski definition) is 1. The predicted molar refractivity (Wildman–Crippen MR) is 79.2 cm³/mol. The van der Waals surface area contributed by atoms with Gasteiger partial charge in [-0.3, -0.25) is 0 Å². The van der Waals surface area contributed by atoms with Crippen molar-refractivity contribution in [2.45, 2.75) is 6.18 Å². The first-order valence-electron chi connectivity index (χ1n) is 5.89. The zero-order valence-corrected chi connectivity index (χ0v) is 11.6. The van der Waals surface area contributed by atoms with Crippen molar-refractivity contribution in [2.24, 2.45) is 5.73 Å². The fraction of sp³-hybridized carbons (Fsp3) is 0.214. The van der Waals surface area contributed by atoms with Crippen LogP contribution in [0.2, 0.25) is 0 Å². The normalized spacial score (nSPS) is 11.6. The molecule has 2 aromatic rings. The molecule has 0 amide bonds. The lowest BCUT2D eigenvalue weighted by Crippen LogP contribution is -2.31. The molecule has 2 nitrogen and oxygen atoms in total. The molecule has 0 fully saturated rings. The fourth-order valence-electron chi connectivity index (χ4n) is 2.18. The predicted octanol–water partition coefficient (Wildman–Crippen LogP) is 3.47. The van der Waals surface area contributed by atoms with E-state index in [1.807, 2.05) is 0 Å². The Morgan fingerprint density at radius 2 is 1.75 bits per heavy atom. The smallest absolute Gasteiger partial charge is 0.389 e. The third kappa shape index (κ3) is 3.01. The molecule has 0 aliphatic rings. The second kappa shape index (κ2) is 5.28. The number of thiocarbonyl (C=S) groups is 1. The lowest BCUT2D eigenvalue weighted by molar-refractivity contribution is -0.119. The van der Waals surface area contributed by atoms with Gasteiger partial charge in [0, 0.05) is 23.7 Å². The lowest BCUT2D eigenvalue weighted by Gasteiger charge is -2.23. The van der Waals surface area contributed by atoms with Gasteiger partial charge in [0.2, 0.25) is 0 Å². The van der Waals surface area contributed by atoms with Crippen LogP contribution in [-0.4, -0.2) is 24.8 Å². The fourth-order valence-corrected chi connectivity index (χ4v) is 2.36. The molecule has 0 aliphatic carbocycles. The van der Waals surface area contributed by atoms with Crippen molar-refractivity contribution in [1.82, 2.24) is 0 Å². The van der Waals surface area contributed by atoms with Crippen molar-refractivity contribution >= 4 is 33.7 Å². The maximum atomic E-state index is 12.5. The second-order valence-electron chi connectivity index (χ2n) is 4.51. The summed E-state index contributed by atoms with van der Waals surface area (Å²) < 4.78 is 37.6. The number of rotatable bonds is 3. The van der Waals surface area contributed by atoms with Crippen molar-refractivity contribution in [3.05, 3.63) is 42.0 Å². The lowest BCUT2D eigenvalue weighted by atomic mass is 10.0. The standard InChI is InChI=1S/C14H13F3N2S/c1-19(8-14(15,16)17)12-7-6-11(13(18)20)9-4-2-3-5-10(9)12/h2-7H,8H2,1H3,(H2,18,20). The molecule has 0 bridgehead atoms. The van der Waals surface area contributed by atoms with Crippen molar-refractivity contribution < 1.29 is 13.2 Å². The van der Waals surface area contributed by atoms with E-state index in [9.17, 15) is 13.2 Å². The van der Waals surface area contributed by atoms with Crippen molar-refractivity contribution in [1.29, 1.82) is 0 Å². The van der Waals surface area contributed by atoms with E-state index in [1.165, 1.54) is 11.9 Å². The van der Waals surface area contributed by atoms with Gasteiger partial charge < -0.3 is 10.6 Å². The Morgan fingerprint density at radius 1 is 1.15 bits per heavy atom. The Kier molecular flexibility index (Phi) is 3.85. The monoisotopic (exact) mass is 298 g/mol. The van der Waals surface area contributed by atoms with Crippen LogP contribution in [0.1, 0.15) is 5.56 Å². The van der Waals surface area contributed by atoms with E-state index in [0.717, 1.165) is 5.39 Å². The molecule has 2 N–H and O–H groups in total. The zero-order valence-electron chi connectivity index (χ0n) is 10.7. The molecule has 20 heavy (non-hydrogen) atoms. The summed E-state index contributed by atoms with van der Waals surface area (Å²) in [7, 11) is 1.41. The Hall–Kier alpha value is -1.82. The van der Waals surface area contributed by atoms with Crippen LogP contribution in [0.3, 0.4) is 0 Å². The van der Waals surface area contributed by atoms with Gasteiger partial charge in [-0.1, -0.05) is 36.5 Å². The topological polar surface area (TPSA) is 29.3 Å². The molecular weight excluding hydrogens is 285 g/mol. The van der Waals surface area contributed by atoms with Crippen LogP contribution in [0.5, 0.6) is 0 Å². The molecule has 0 unspecified atom stereocenters. The first kappa shape index (κ1) is 14.6. The van der Waals surface area contributed by atoms with Gasteiger partial charge in [0.25, 0.3) is 0 Å². The maximum absolute atomic E-state index is 12.5. The molecule has 0 atom stereocenters. The van der Waals surface area contributed by atoms with E-state index < -0.39 is 12.7 Å². The first-order valence-corrected chi connectivity index (χ1v) is 6.30.